The highest BCUT2D eigenvalue weighted by atomic mass is 35.5. The highest BCUT2D eigenvalue weighted by Gasteiger charge is 2.24. The van der Waals surface area contributed by atoms with Gasteiger partial charge in [0, 0.05) is 14.8 Å². The Bertz CT molecular complexity index is 1100. The first-order chi connectivity index (χ1) is 12.7. The molecule has 0 atom stereocenters. The van der Waals surface area contributed by atoms with Crippen molar-refractivity contribution in [2.75, 3.05) is 11.8 Å². The lowest BCUT2D eigenvalue weighted by Gasteiger charge is -2.12. The van der Waals surface area contributed by atoms with E-state index in [1.54, 1.807) is 26.0 Å². The van der Waals surface area contributed by atoms with E-state index in [1.807, 2.05) is 17.5 Å². The Morgan fingerprint density at radius 3 is 2.52 bits per heavy atom. The first-order valence-corrected chi connectivity index (χ1v) is 11.3. The molecule has 5 nitrogen and oxygen atoms in total. The van der Waals surface area contributed by atoms with Gasteiger partial charge in [-0.1, -0.05) is 17.7 Å². The van der Waals surface area contributed by atoms with Crippen molar-refractivity contribution in [3.05, 3.63) is 56.7 Å². The van der Waals surface area contributed by atoms with Gasteiger partial charge in [0.05, 0.1) is 17.7 Å². The first-order valence-electron chi connectivity index (χ1n) is 7.78. The summed E-state index contributed by atoms with van der Waals surface area (Å²) >= 11 is 8.76. The number of hydrogen-bond acceptors (Lipinski definition) is 6. The second kappa shape index (κ2) is 7.63. The monoisotopic (exact) mass is 441 g/mol. The lowest BCUT2D eigenvalue weighted by atomic mass is 10.2. The number of ether oxygens (including phenoxy) is 1. The molecular formula is C18H16ClNO4S3. The predicted octanol–water partition coefficient (Wildman–Crippen LogP) is 5.33. The maximum absolute atomic E-state index is 12.9. The molecule has 27 heavy (non-hydrogen) atoms. The van der Waals surface area contributed by atoms with Gasteiger partial charge in [0.2, 0.25) is 0 Å². The van der Waals surface area contributed by atoms with Crippen LogP contribution in [0.3, 0.4) is 0 Å². The summed E-state index contributed by atoms with van der Waals surface area (Å²) in [6.07, 6.45) is 0. The molecule has 0 amide bonds. The van der Waals surface area contributed by atoms with Crippen molar-refractivity contribution in [2.45, 2.75) is 18.7 Å². The zero-order chi connectivity index (χ0) is 19.8. The smallest absolute Gasteiger partial charge is 0.350 e. The van der Waals surface area contributed by atoms with Gasteiger partial charge in [0.15, 0.2) is 0 Å². The molecule has 0 saturated heterocycles. The van der Waals surface area contributed by atoms with Gasteiger partial charge >= 0.3 is 5.97 Å². The van der Waals surface area contributed by atoms with Crippen LogP contribution in [-0.4, -0.2) is 21.5 Å². The van der Waals surface area contributed by atoms with Gasteiger partial charge < -0.3 is 4.74 Å². The van der Waals surface area contributed by atoms with Gasteiger partial charge in [-0.2, -0.15) is 0 Å². The zero-order valence-electron chi connectivity index (χ0n) is 14.7. The van der Waals surface area contributed by atoms with Crippen LogP contribution in [0.4, 0.5) is 5.69 Å². The van der Waals surface area contributed by atoms with E-state index in [1.165, 1.54) is 35.8 Å². The number of aryl methyl sites for hydroxylation is 2. The fourth-order valence-electron chi connectivity index (χ4n) is 2.50. The Morgan fingerprint density at radius 2 is 1.89 bits per heavy atom. The van der Waals surface area contributed by atoms with Crippen LogP contribution in [0.15, 0.2) is 40.6 Å². The quantitative estimate of drug-likeness (QED) is 0.543. The minimum absolute atomic E-state index is 0.115. The SMILES string of the molecule is COC(=O)c1sc(-c2cccs2)cc1NS(=O)(=O)c1cc(C)c(Cl)cc1C. The normalized spacial score (nSPS) is 11.4. The third kappa shape index (κ3) is 4.03. The van der Waals surface area contributed by atoms with Crippen LogP contribution in [0.5, 0.6) is 0 Å². The van der Waals surface area contributed by atoms with E-state index in [-0.39, 0.29) is 15.5 Å². The summed E-state index contributed by atoms with van der Waals surface area (Å²) in [7, 11) is -2.65. The van der Waals surface area contributed by atoms with Crippen molar-refractivity contribution < 1.29 is 17.9 Å². The number of benzene rings is 1. The maximum atomic E-state index is 12.9. The average molecular weight is 442 g/mol. The van der Waals surface area contributed by atoms with Gasteiger partial charge in [-0.3, -0.25) is 4.72 Å². The van der Waals surface area contributed by atoms with Crippen LogP contribution in [0, 0.1) is 13.8 Å². The molecule has 2 aromatic heterocycles. The van der Waals surface area contributed by atoms with Crippen LogP contribution in [0.25, 0.3) is 9.75 Å². The summed E-state index contributed by atoms with van der Waals surface area (Å²) in [6, 6.07) is 8.57. The van der Waals surface area contributed by atoms with E-state index in [9.17, 15) is 13.2 Å². The fraction of sp³-hybridized carbons (Fsp3) is 0.167. The molecule has 142 valence electrons. The number of carbonyl (C=O) groups excluding carboxylic acids is 1. The van der Waals surface area contributed by atoms with Gasteiger partial charge in [0.1, 0.15) is 4.88 Å². The second-order valence-electron chi connectivity index (χ2n) is 5.79. The van der Waals surface area contributed by atoms with E-state index < -0.39 is 16.0 Å². The highest BCUT2D eigenvalue weighted by molar-refractivity contribution is 7.92. The molecule has 0 saturated carbocycles. The van der Waals surface area contributed by atoms with Gasteiger partial charge in [-0.15, -0.1) is 22.7 Å². The molecule has 0 aliphatic rings. The number of carbonyl (C=O) groups is 1. The summed E-state index contributed by atoms with van der Waals surface area (Å²) in [6.45, 7) is 3.41. The van der Waals surface area contributed by atoms with Crippen LogP contribution in [0.2, 0.25) is 5.02 Å². The average Bonchev–Trinajstić information content (AvgIpc) is 3.26. The second-order valence-corrected chi connectivity index (χ2v) is 9.85. The molecule has 0 aliphatic carbocycles. The van der Waals surface area contributed by atoms with Crippen molar-refractivity contribution in [2.24, 2.45) is 0 Å². The summed E-state index contributed by atoms with van der Waals surface area (Å²) in [5.41, 5.74) is 1.37. The molecule has 0 spiro atoms. The maximum Gasteiger partial charge on any atom is 0.350 e. The minimum Gasteiger partial charge on any atom is -0.465 e. The molecule has 0 bridgehead atoms. The van der Waals surface area contributed by atoms with Crippen molar-refractivity contribution in [1.82, 2.24) is 0 Å². The molecule has 0 radical (unpaired) electrons. The molecule has 3 rings (SSSR count). The van der Waals surface area contributed by atoms with Crippen LogP contribution >= 0.6 is 34.3 Å². The number of thiophene rings is 2. The Labute approximate surface area is 170 Å². The number of anilines is 1. The molecule has 1 N–H and O–H groups in total. The Hall–Kier alpha value is -1.87. The highest BCUT2D eigenvalue weighted by Crippen LogP contribution is 2.38. The Kier molecular flexibility index (Phi) is 5.62. The van der Waals surface area contributed by atoms with E-state index in [0.29, 0.717) is 16.1 Å². The topological polar surface area (TPSA) is 72.5 Å². The number of methoxy groups -OCH3 is 1. The van der Waals surface area contributed by atoms with Crippen LogP contribution in [-0.2, 0) is 14.8 Å². The van der Waals surface area contributed by atoms with E-state index >= 15 is 0 Å². The predicted molar refractivity (Wildman–Crippen MR) is 111 cm³/mol. The van der Waals surface area contributed by atoms with Gasteiger partial charge in [-0.05, 0) is 54.6 Å². The van der Waals surface area contributed by atoms with Crippen molar-refractivity contribution in [1.29, 1.82) is 0 Å². The molecule has 9 heteroatoms. The molecule has 0 fully saturated rings. The standard InChI is InChI=1S/C18H16ClNO4S3/c1-10-8-16(11(2)7-12(10)19)27(22,23)20-13-9-15(14-5-4-6-25-14)26-17(13)18(21)24-3/h4-9,20H,1-3H3. The fourth-order valence-corrected chi connectivity index (χ4v) is 6.01. The van der Waals surface area contributed by atoms with Crippen molar-refractivity contribution in [3.8, 4) is 9.75 Å². The number of sulfonamides is 1. The summed E-state index contributed by atoms with van der Waals surface area (Å²) in [5.74, 6) is -0.593. The molecule has 0 aliphatic heterocycles. The third-order valence-electron chi connectivity index (χ3n) is 3.86. The molecule has 0 unspecified atom stereocenters. The van der Waals surface area contributed by atoms with Crippen LogP contribution in [0.1, 0.15) is 20.8 Å². The molecule has 1 aromatic carbocycles. The summed E-state index contributed by atoms with van der Waals surface area (Å²) in [5, 5.41) is 2.41. The minimum atomic E-state index is -3.91. The van der Waals surface area contributed by atoms with Gasteiger partial charge in [0.25, 0.3) is 10.0 Å². The summed E-state index contributed by atoms with van der Waals surface area (Å²) in [4.78, 5) is 14.2. The Balaban J connectivity index is 2.06. The van der Waals surface area contributed by atoms with E-state index in [0.717, 1.165) is 9.75 Å². The number of rotatable bonds is 5. The zero-order valence-corrected chi connectivity index (χ0v) is 17.9. The van der Waals surface area contributed by atoms with Crippen molar-refractivity contribution in [3.63, 3.8) is 0 Å². The first kappa shape index (κ1) is 19.9. The molecule has 3 aromatic rings. The van der Waals surface area contributed by atoms with E-state index in [4.69, 9.17) is 16.3 Å². The largest absolute Gasteiger partial charge is 0.465 e. The van der Waals surface area contributed by atoms with Crippen molar-refractivity contribution >= 4 is 56.0 Å². The third-order valence-corrected chi connectivity index (χ3v) is 7.95. The number of esters is 1. The van der Waals surface area contributed by atoms with E-state index in [2.05, 4.69) is 4.72 Å². The lowest BCUT2D eigenvalue weighted by molar-refractivity contribution is 0.0607. The number of nitrogens with one attached hydrogen (secondary N) is 1. The molecule has 2 heterocycles. The molecular weight excluding hydrogens is 426 g/mol. The van der Waals surface area contributed by atoms with Gasteiger partial charge in [-0.25, -0.2) is 13.2 Å². The Morgan fingerprint density at radius 1 is 1.15 bits per heavy atom. The van der Waals surface area contributed by atoms with Crippen LogP contribution < -0.4 is 4.72 Å². The number of hydrogen-bond donors (Lipinski definition) is 1. The summed E-state index contributed by atoms with van der Waals surface area (Å²) < 4.78 is 33.2. The lowest BCUT2D eigenvalue weighted by Crippen LogP contribution is -2.16. The number of halogens is 1.